The zero-order valence-electron chi connectivity index (χ0n) is 15.7. The first kappa shape index (κ1) is 20.2. The van der Waals surface area contributed by atoms with Gasteiger partial charge in [0.1, 0.15) is 0 Å². The maximum Gasteiger partial charge on any atom is 0.239 e. The topological polar surface area (TPSA) is 75.2 Å². The average Bonchev–Trinajstić information content (AvgIpc) is 3.12. The molecule has 1 aliphatic rings. The largest absolute Gasteiger partial charge is 0.383 e. The molecule has 2 N–H and O–H groups in total. The molecule has 0 aromatic heterocycles. The Kier molecular flexibility index (Phi) is 8.92. The van der Waals surface area contributed by atoms with Crippen LogP contribution in [-0.4, -0.2) is 70.3 Å². The Labute approximate surface area is 155 Å². The molecule has 1 fully saturated rings. The zero-order chi connectivity index (χ0) is 18.6. The van der Waals surface area contributed by atoms with Crippen LogP contribution in [0.25, 0.3) is 0 Å². The summed E-state index contributed by atoms with van der Waals surface area (Å²) >= 11 is 0. The maximum atomic E-state index is 11.8. The highest BCUT2D eigenvalue weighted by Gasteiger charge is 2.25. The summed E-state index contributed by atoms with van der Waals surface area (Å²) in [4.78, 5) is 18.2. The van der Waals surface area contributed by atoms with Crippen molar-refractivity contribution in [3.8, 4) is 0 Å². The van der Waals surface area contributed by atoms with E-state index in [9.17, 15) is 4.79 Å². The van der Waals surface area contributed by atoms with Gasteiger partial charge >= 0.3 is 0 Å². The van der Waals surface area contributed by atoms with Crippen LogP contribution >= 0.6 is 0 Å². The first-order chi connectivity index (χ1) is 12.7. The SMILES string of the molecule is CN=C(NCC(=O)NCCOC)N1CCC(COCc2ccccc2)C1. The normalized spacial score (nSPS) is 17.4. The fourth-order valence-corrected chi connectivity index (χ4v) is 2.93. The lowest BCUT2D eigenvalue weighted by molar-refractivity contribution is -0.120. The second-order valence-electron chi connectivity index (χ2n) is 6.34. The minimum atomic E-state index is -0.0647. The van der Waals surface area contributed by atoms with Gasteiger partial charge in [-0.15, -0.1) is 0 Å². The third-order valence-electron chi connectivity index (χ3n) is 4.30. The molecule has 2 rings (SSSR count). The predicted octanol–water partition coefficient (Wildman–Crippen LogP) is 0.863. The average molecular weight is 362 g/mol. The predicted molar refractivity (Wildman–Crippen MR) is 102 cm³/mol. The third-order valence-corrected chi connectivity index (χ3v) is 4.30. The van der Waals surface area contributed by atoms with E-state index in [1.165, 1.54) is 5.56 Å². The molecule has 1 saturated heterocycles. The van der Waals surface area contributed by atoms with Crippen molar-refractivity contribution in [1.29, 1.82) is 0 Å². The maximum absolute atomic E-state index is 11.8. The number of nitrogens with zero attached hydrogens (tertiary/aromatic N) is 2. The smallest absolute Gasteiger partial charge is 0.239 e. The lowest BCUT2D eigenvalue weighted by Gasteiger charge is -2.21. The Morgan fingerprint density at radius 3 is 2.85 bits per heavy atom. The standard InChI is InChI=1S/C19H30N4O3/c1-20-19(22-12-18(24)21-9-11-25-2)23-10-8-17(13-23)15-26-14-16-6-4-3-5-7-16/h3-7,17H,8-15H2,1-2H3,(H,20,22)(H,21,24). The van der Waals surface area contributed by atoms with Crippen molar-refractivity contribution in [2.75, 3.05) is 53.6 Å². The third kappa shape index (κ3) is 7.01. The lowest BCUT2D eigenvalue weighted by Crippen LogP contribution is -2.45. The van der Waals surface area contributed by atoms with Crippen molar-refractivity contribution in [3.63, 3.8) is 0 Å². The molecule has 0 radical (unpaired) electrons. The van der Waals surface area contributed by atoms with Crippen LogP contribution in [0.1, 0.15) is 12.0 Å². The number of nitrogens with one attached hydrogen (secondary N) is 2. The van der Waals surface area contributed by atoms with Crippen LogP contribution in [0.15, 0.2) is 35.3 Å². The summed E-state index contributed by atoms with van der Waals surface area (Å²) in [5.41, 5.74) is 1.19. The number of methoxy groups -OCH3 is 1. The molecule has 7 nitrogen and oxygen atoms in total. The minimum Gasteiger partial charge on any atom is -0.383 e. The monoisotopic (exact) mass is 362 g/mol. The van der Waals surface area contributed by atoms with Gasteiger partial charge in [-0.05, 0) is 12.0 Å². The highest BCUT2D eigenvalue weighted by molar-refractivity contribution is 5.86. The van der Waals surface area contributed by atoms with Gasteiger partial charge in [0.15, 0.2) is 5.96 Å². The van der Waals surface area contributed by atoms with E-state index in [1.54, 1.807) is 14.2 Å². The fraction of sp³-hybridized carbons (Fsp3) is 0.579. The first-order valence-electron chi connectivity index (χ1n) is 9.05. The molecule has 0 bridgehead atoms. The summed E-state index contributed by atoms with van der Waals surface area (Å²) in [6.45, 7) is 4.43. The Morgan fingerprint density at radius 1 is 1.31 bits per heavy atom. The molecule has 1 unspecified atom stereocenters. The van der Waals surface area contributed by atoms with Crippen LogP contribution in [0.4, 0.5) is 0 Å². The molecule has 0 aliphatic carbocycles. The van der Waals surface area contributed by atoms with E-state index in [0.717, 1.165) is 32.1 Å². The van der Waals surface area contributed by atoms with Crippen molar-refractivity contribution >= 4 is 11.9 Å². The number of benzene rings is 1. The van der Waals surface area contributed by atoms with Crippen molar-refractivity contribution in [1.82, 2.24) is 15.5 Å². The molecular weight excluding hydrogens is 332 g/mol. The zero-order valence-corrected chi connectivity index (χ0v) is 15.7. The molecule has 0 spiro atoms. The number of ether oxygens (including phenoxy) is 2. The number of likely N-dealkylation sites (tertiary alicyclic amines) is 1. The number of hydrogen-bond acceptors (Lipinski definition) is 4. The van der Waals surface area contributed by atoms with Crippen LogP contribution in [0.5, 0.6) is 0 Å². The van der Waals surface area contributed by atoms with Crippen molar-refractivity contribution in [2.45, 2.75) is 13.0 Å². The summed E-state index contributed by atoms with van der Waals surface area (Å²) in [5.74, 6) is 1.18. The van der Waals surface area contributed by atoms with Gasteiger partial charge in [-0.3, -0.25) is 9.79 Å². The van der Waals surface area contributed by atoms with E-state index in [2.05, 4.69) is 32.7 Å². The second kappa shape index (κ2) is 11.5. The van der Waals surface area contributed by atoms with E-state index in [0.29, 0.717) is 25.7 Å². The molecule has 144 valence electrons. The molecule has 1 atom stereocenters. The molecule has 26 heavy (non-hydrogen) atoms. The van der Waals surface area contributed by atoms with Crippen LogP contribution in [-0.2, 0) is 20.9 Å². The van der Waals surface area contributed by atoms with Gasteiger partial charge in [0.25, 0.3) is 0 Å². The summed E-state index contributed by atoms with van der Waals surface area (Å²) < 4.78 is 10.8. The highest BCUT2D eigenvalue weighted by Crippen LogP contribution is 2.17. The first-order valence-corrected chi connectivity index (χ1v) is 9.05. The van der Waals surface area contributed by atoms with E-state index < -0.39 is 0 Å². The molecule has 1 heterocycles. The molecular formula is C19H30N4O3. The summed E-state index contributed by atoms with van der Waals surface area (Å²) in [6, 6.07) is 10.2. The van der Waals surface area contributed by atoms with Gasteiger partial charge in [0.2, 0.25) is 5.91 Å². The minimum absolute atomic E-state index is 0.0647. The number of carbonyl (C=O) groups is 1. The van der Waals surface area contributed by atoms with Gasteiger partial charge in [0.05, 0.1) is 26.4 Å². The van der Waals surface area contributed by atoms with Gasteiger partial charge in [-0.25, -0.2) is 0 Å². The molecule has 1 aliphatic heterocycles. The van der Waals surface area contributed by atoms with Crippen LogP contribution in [0, 0.1) is 5.92 Å². The van der Waals surface area contributed by atoms with Gasteiger partial charge < -0.3 is 25.0 Å². The van der Waals surface area contributed by atoms with Crippen molar-refractivity contribution in [3.05, 3.63) is 35.9 Å². The van der Waals surface area contributed by atoms with Crippen molar-refractivity contribution < 1.29 is 14.3 Å². The van der Waals surface area contributed by atoms with Gasteiger partial charge in [-0.2, -0.15) is 0 Å². The Hall–Kier alpha value is -2.12. The summed E-state index contributed by atoms with van der Waals surface area (Å²) in [5, 5.41) is 5.91. The van der Waals surface area contributed by atoms with E-state index in [1.807, 2.05) is 18.2 Å². The van der Waals surface area contributed by atoms with Crippen LogP contribution in [0.3, 0.4) is 0 Å². The van der Waals surface area contributed by atoms with Crippen molar-refractivity contribution in [2.24, 2.45) is 10.9 Å². The Morgan fingerprint density at radius 2 is 2.12 bits per heavy atom. The number of rotatable bonds is 9. The van der Waals surface area contributed by atoms with E-state index >= 15 is 0 Å². The molecule has 7 heteroatoms. The number of carbonyl (C=O) groups excluding carboxylic acids is 1. The number of hydrogen-bond donors (Lipinski definition) is 2. The van der Waals surface area contributed by atoms with Crippen LogP contribution < -0.4 is 10.6 Å². The molecule has 0 saturated carbocycles. The molecule has 1 amide bonds. The lowest BCUT2D eigenvalue weighted by atomic mass is 10.1. The quantitative estimate of drug-likeness (QED) is 0.387. The Bertz CT molecular complexity index is 565. The Balaban J connectivity index is 1.66. The summed E-state index contributed by atoms with van der Waals surface area (Å²) in [6.07, 6.45) is 1.07. The fourth-order valence-electron chi connectivity index (χ4n) is 2.93. The molecule has 1 aromatic rings. The number of amides is 1. The van der Waals surface area contributed by atoms with Crippen LogP contribution in [0.2, 0.25) is 0 Å². The van der Waals surface area contributed by atoms with E-state index in [4.69, 9.17) is 9.47 Å². The highest BCUT2D eigenvalue weighted by atomic mass is 16.5. The number of guanidine groups is 1. The number of aliphatic imine (C=N–C) groups is 1. The van der Waals surface area contributed by atoms with E-state index in [-0.39, 0.29) is 12.5 Å². The second-order valence-corrected chi connectivity index (χ2v) is 6.34. The van der Waals surface area contributed by atoms with Gasteiger partial charge in [-0.1, -0.05) is 30.3 Å². The van der Waals surface area contributed by atoms with Gasteiger partial charge in [0, 0.05) is 39.7 Å². The summed E-state index contributed by atoms with van der Waals surface area (Å²) in [7, 11) is 3.35. The molecule has 1 aromatic carbocycles.